The first-order valence-electron chi connectivity index (χ1n) is 4.62. The Balaban J connectivity index is 2.13. The minimum atomic E-state index is 0.654. The molecule has 2 heterocycles. The fraction of sp³-hybridized carbons (Fsp3) is 0.600. The number of rotatable bonds is 1. The molecule has 0 amide bonds. The van der Waals surface area contributed by atoms with E-state index in [1.807, 2.05) is 0 Å². The van der Waals surface area contributed by atoms with E-state index in [0.717, 1.165) is 13.1 Å². The van der Waals surface area contributed by atoms with Gasteiger partial charge in [0.05, 0.1) is 6.26 Å². The van der Waals surface area contributed by atoms with Crippen molar-refractivity contribution in [1.29, 1.82) is 0 Å². The predicted octanol–water partition coefficient (Wildman–Crippen LogP) is 2.06. The van der Waals surface area contributed by atoms with Gasteiger partial charge in [-0.15, -0.1) is 0 Å². The minimum absolute atomic E-state index is 0.654. The average Bonchev–Trinajstić information content (AvgIpc) is 2.53. The normalized spacial score (nSPS) is 19.8. The van der Waals surface area contributed by atoms with E-state index in [4.69, 9.17) is 4.42 Å². The Morgan fingerprint density at radius 1 is 1.42 bits per heavy atom. The molecule has 1 fully saturated rings. The molecule has 0 unspecified atom stereocenters. The highest BCUT2D eigenvalue weighted by Crippen LogP contribution is 2.27. The molecular formula is C10H15NO. The summed E-state index contributed by atoms with van der Waals surface area (Å²) < 4.78 is 5.48. The molecule has 1 aliphatic heterocycles. The minimum Gasteiger partial charge on any atom is -0.469 e. The summed E-state index contributed by atoms with van der Waals surface area (Å²) in [6.07, 6.45) is 4.23. The quantitative estimate of drug-likeness (QED) is 0.689. The van der Waals surface area contributed by atoms with Crippen molar-refractivity contribution in [2.45, 2.75) is 25.7 Å². The van der Waals surface area contributed by atoms with Crippen molar-refractivity contribution in [1.82, 2.24) is 5.32 Å². The Hall–Kier alpha value is -0.760. The lowest BCUT2D eigenvalue weighted by molar-refractivity contribution is 0.384. The summed E-state index contributed by atoms with van der Waals surface area (Å²) in [5, 5.41) is 3.35. The van der Waals surface area contributed by atoms with Gasteiger partial charge in [-0.05, 0) is 44.5 Å². The van der Waals surface area contributed by atoms with Crippen LogP contribution >= 0.6 is 0 Å². The maximum absolute atomic E-state index is 5.48. The number of hydrogen-bond donors (Lipinski definition) is 1. The van der Waals surface area contributed by atoms with Crippen LogP contribution in [0.5, 0.6) is 0 Å². The first-order valence-corrected chi connectivity index (χ1v) is 4.62. The van der Waals surface area contributed by atoms with Crippen molar-refractivity contribution in [3.8, 4) is 0 Å². The Labute approximate surface area is 73.0 Å². The van der Waals surface area contributed by atoms with Crippen LogP contribution in [-0.4, -0.2) is 13.1 Å². The Morgan fingerprint density at radius 3 is 2.75 bits per heavy atom. The van der Waals surface area contributed by atoms with E-state index in [1.165, 1.54) is 24.2 Å². The zero-order valence-electron chi connectivity index (χ0n) is 7.47. The van der Waals surface area contributed by atoms with Crippen molar-refractivity contribution in [2.24, 2.45) is 0 Å². The molecule has 2 nitrogen and oxygen atoms in total. The van der Waals surface area contributed by atoms with Crippen molar-refractivity contribution < 1.29 is 4.42 Å². The molecule has 0 saturated carbocycles. The number of hydrogen-bond acceptors (Lipinski definition) is 2. The lowest BCUT2D eigenvalue weighted by atomic mass is 9.93. The summed E-state index contributed by atoms with van der Waals surface area (Å²) in [7, 11) is 0. The summed E-state index contributed by atoms with van der Waals surface area (Å²) in [5.74, 6) is 1.86. The molecule has 1 N–H and O–H groups in total. The molecule has 0 atom stereocenters. The van der Waals surface area contributed by atoms with Crippen molar-refractivity contribution in [2.75, 3.05) is 13.1 Å². The number of nitrogens with one attached hydrogen (secondary N) is 1. The van der Waals surface area contributed by atoms with Crippen LogP contribution in [0.1, 0.15) is 30.1 Å². The summed E-state index contributed by atoms with van der Waals surface area (Å²) in [6, 6.07) is 2.05. The van der Waals surface area contributed by atoms with Gasteiger partial charge >= 0.3 is 0 Å². The van der Waals surface area contributed by atoms with Crippen LogP contribution in [0.25, 0.3) is 0 Å². The van der Waals surface area contributed by atoms with Crippen LogP contribution < -0.4 is 5.32 Å². The van der Waals surface area contributed by atoms with E-state index in [1.54, 1.807) is 6.26 Å². The maximum Gasteiger partial charge on any atom is 0.109 e. The molecule has 1 aliphatic rings. The third kappa shape index (κ3) is 1.39. The SMILES string of the molecule is Cc1ccoc1C1CCNCC1. The van der Waals surface area contributed by atoms with E-state index in [9.17, 15) is 0 Å². The second kappa shape index (κ2) is 3.31. The molecule has 0 radical (unpaired) electrons. The smallest absolute Gasteiger partial charge is 0.109 e. The van der Waals surface area contributed by atoms with E-state index in [0.29, 0.717) is 5.92 Å². The zero-order valence-corrected chi connectivity index (χ0v) is 7.47. The number of furan rings is 1. The van der Waals surface area contributed by atoms with Gasteiger partial charge in [-0.3, -0.25) is 0 Å². The Kier molecular flexibility index (Phi) is 2.17. The molecule has 0 aliphatic carbocycles. The highest BCUT2D eigenvalue weighted by Gasteiger charge is 2.19. The van der Waals surface area contributed by atoms with Gasteiger partial charge in [0.2, 0.25) is 0 Å². The molecule has 66 valence electrons. The Morgan fingerprint density at radius 2 is 2.17 bits per heavy atom. The van der Waals surface area contributed by atoms with Crippen LogP contribution in [-0.2, 0) is 0 Å². The van der Waals surface area contributed by atoms with Gasteiger partial charge in [0, 0.05) is 5.92 Å². The van der Waals surface area contributed by atoms with Gasteiger partial charge in [0.1, 0.15) is 5.76 Å². The second-order valence-corrected chi connectivity index (χ2v) is 3.49. The molecule has 12 heavy (non-hydrogen) atoms. The number of aryl methyl sites for hydroxylation is 1. The third-order valence-corrected chi connectivity index (χ3v) is 2.61. The van der Waals surface area contributed by atoms with E-state index in [2.05, 4.69) is 18.3 Å². The van der Waals surface area contributed by atoms with E-state index < -0.39 is 0 Å². The van der Waals surface area contributed by atoms with Crippen LogP contribution in [0.2, 0.25) is 0 Å². The Bertz CT molecular complexity index is 248. The van der Waals surface area contributed by atoms with Crippen molar-refractivity contribution in [3.63, 3.8) is 0 Å². The zero-order chi connectivity index (χ0) is 8.39. The fourth-order valence-corrected chi connectivity index (χ4v) is 1.89. The molecule has 1 aromatic heterocycles. The third-order valence-electron chi connectivity index (χ3n) is 2.61. The molecule has 1 aromatic rings. The molecule has 1 saturated heterocycles. The average molecular weight is 165 g/mol. The molecular weight excluding hydrogens is 150 g/mol. The first-order chi connectivity index (χ1) is 5.88. The second-order valence-electron chi connectivity index (χ2n) is 3.49. The summed E-state index contributed by atoms with van der Waals surface area (Å²) in [6.45, 7) is 4.39. The lowest BCUT2D eigenvalue weighted by Gasteiger charge is -2.21. The number of piperidine rings is 1. The topological polar surface area (TPSA) is 25.2 Å². The summed E-state index contributed by atoms with van der Waals surface area (Å²) in [5.41, 5.74) is 1.31. The first kappa shape index (κ1) is 7.87. The van der Waals surface area contributed by atoms with Gasteiger partial charge in [-0.2, -0.15) is 0 Å². The highest BCUT2D eigenvalue weighted by atomic mass is 16.3. The maximum atomic E-state index is 5.48. The lowest BCUT2D eigenvalue weighted by Crippen LogP contribution is -2.26. The van der Waals surface area contributed by atoms with Crippen molar-refractivity contribution >= 4 is 0 Å². The monoisotopic (exact) mass is 165 g/mol. The predicted molar refractivity (Wildman–Crippen MR) is 48.3 cm³/mol. The molecule has 0 bridgehead atoms. The van der Waals surface area contributed by atoms with E-state index >= 15 is 0 Å². The summed E-state index contributed by atoms with van der Waals surface area (Å²) >= 11 is 0. The molecule has 2 heteroatoms. The van der Waals surface area contributed by atoms with Crippen LogP contribution in [0, 0.1) is 6.92 Å². The van der Waals surface area contributed by atoms with Gasteiger partial charge in [-0.1, -0.05) is 0 Å². The van der Waals surface area contributed by atoms with Crippen molar-refractivity contribution in [3.05, 3.63) is 23.7 Å². The van der Waals surface area contributed by atoms with Gasteiger partial charge in [0.25, 0.3) is 0 Å². The van der Waals surface area contributed by atoms with Crippen LogP contribution in [0.4, 0.5) is 0 Å². The standard InChI is InChI=1S/C10H15NO/c1-8-4-7-12-10(8)9-2-5-11-6-3-9/h4,7,9,11H,2-3,5-6H2,1H3. The van der Waals surface area contributed by atoms with Crippen LogP contribution in [0.3, 0.4) is 0 Å². The van der Waals surface area contributed by atoms with Crippen LogP contribution in [0.15, 0.2) is 16.7 Å². The molecule has 0 aromatic carbocycles. The molecule has 0 spiro atoms. The van der Waals surface area contributed by atoms with E-state index in [-0.39, 0.29) is 0 Å². The summed E-state index contributed by atoms with van der Waals surface area (Å²) in [4.78, 5) is 0. The van der Waals surface area contributed by atoms with Gasteiger partial charge < -0.3 is 9.73 Å². The van der Waals surface area contributed by atoms with Gasteiger partial charge in [0.15, 0.2) is 0 Å². The fourth-order valence-electron chi connectivity index (χ4n) is 1.89. The largest absolute Gasteiger partial charge is 0.469 e. The highest BCUT2D eigenvalue weighted by molar-refractivity contribution is 5.19. The van der Waals surface area contributed by atoms with Gasteiger partial charge in [-0.25, -0.2) is 0 Å². The molecule has 2 rings (SSSR count).